The van der Waals surface area contributed by atoms with Crippen LogP contribution in [0.2, 0.25) is 0 Å². The molecule has 0 unspecified atom stereocenters. The highest BCUT2D eigenvalue weighted by molar-refractivity contribution is 5.86. The lowest BCUT2D eigenvalue weighted by Gasteiger charge is -2.04. The molecule has 0 spiro atoms. The van der Waals surface area contributed by atoms with Crippen molar-refractivity contribution in [2.75, 3.05) is 13.2 Å². The maximum absolute atomic E-state index is 11.1. The molecule has 80 valence electrons. The normalized spacial score (nSPS) is 11.6. The summed E-state index contributed by atoms with van der Waals surface area (Å²) in [5.41, 5.74) is -0.645. The molecule has 0 aromatic rings. The molecule has 0 bridgehead atoms. The molecule has 0 aromatic heterocycles. The summed E-state index contributed by atoms with van der Waals surface area (Å²) in [6.07, 6.45) is 0. The van der Waals surface area contributed by atoms with E-state index in [2.05, 4.69) is 4.74 Å². The average Bonchev–Trinajstić information content (AvgIpc) is 2.04. The molecule has 0 heterocycles. The fourth-order valence-corrected chi connectivity index (χ4v) is 0.831. The van der Waals surface area contributed by atoms with Crippen molar-refractivity contribution in [3.05, 3.63) is 21.6 Å². The minimum Gasteiger partial charge on any atom is -0.491 e. The molecule has 6 heteroatoms. The van der Waals surface area contributed by atoms with Crippen molar-refractivity contribution >= 4 is 5.97 Å². The van der Waals surface area contributed by atoms with Crippen LogP contribution in [0.5, 0.6) is 0 Å². The van der Waals surface area contributed by atoms with E-state index in [1.165, 1.54) is 6.92 Å². The van der Waals surface area contributed by atoms with E-state index < -0.39 is 16.6 Å². The lowest BCUT2D eigenvalue weighted by atomic mass is 10.4. The molecule has 0 atom stereocenters. The second-order valence-corrected chi connectivity index (χ2v) is 2.32. The molecule has 0 N–H and O–H groups in total. The molecule has 0 aliphatic heterocycles. The molecule has 0 fully saturated rings. The zero-order valence-electron chi connectivity index (χ0n) is 8.40. The maximum atomic E-state index is 11.1. The molecule has 0 rings (SSSR count). The van der Waals surface area contributed by atoms with Gasteiger partial charge in [-0.2, -0.15) is 0 Å². The molecule has 0 saturated carbocycles. The van der Waals surface area contributed by atoms with Crippen LogP contribution in [0.15, 0.2) is 11.5 Å². The Labute approximate surface area is 81.6 Å². The quantitative estimate of drug-likeness (QED) is 0.220. The van der Waals surface area contributed by atoms with Gasteiger partial charge in [-0.25, -0.2) is 4.79 Å². The van der Waals surface area contributed by atoms with E-state index in [1.54, 1.807) is 13.8 Å². The summed E-state index contributed by atoms with van der Waals surface area (Å²) in [6, 6.07) is 0. The Morgan fingerprint density at radius 1 is 1.29 bits per heavy atom. The van der Waals surface area contributed by atoms with Crippen molar-refractivity contribution < 1.29 is 19.2 Å². The summed E-state index contributed by atoms with van der Waals surface area (Å²) in [6.45, 7) is 4.97. The van der Waals surface area contributed by atoms with Crippen LogP contribution in [0.4, 0.5) is 0 Å². The highest BCUT2D eigenvalue weighted by atomic mass is 16.6. The van der Waals surface area contributed by atoms with E-state index in [9.17, 15) is 14.9 Å². The molecule has 0 saturated heterocycles. The Kier molecular flexibility index (Phi) is 5.28. The van der Waals surface area contributed by atoms with Crippen molar-refractivity contribution in [2.24, 2.45) is 0 Å². The predicted molar refractivity (Wildman–Crippen MR) is 48.0 cm³/mol. The van der Waals surface area contributed by atoms with Gasteiger partial charge in [-0.15, -0.1) is 0 Å². The van der Waals surface area contributed by atoms with Crippen molar-refractivity contribution in [3.8, 4) is 0 Å². The fourth-order valence-electron chi connectivity index (χ4n) is 0.831. The number of nitrogens with zero attached hydrogens (tertiary/aromatic N) is 1. The first-order valence-corrected chi connectivity index (χ1v) is 4.19. The first-order valence-electron chi connectivity index (χ1n) is 4.19. The molecular weight excluding hydrogens is 190 g/mol. The summed E-state index contributed by atoms with van der Waals surface area (Å²) in [5.74, 6) is -1.00. The van der Waals surface area contributed by atoms with Gasteiger partial charge in [0.25, 0.3) is 0 Å². The van der Waals surface area contributed by atoms with Gasteiger partial charge in [0, 0.05) is 6.92 Å². The van der Waals surface area contributed by atoms with Crippen LogP contribution in [0, 0.1) is 10.1 Å². The second kappa shape index (κ2) is 5.95. The van der Waals surface area contributed by atoms with Gasteiger partial charge in [0.15, 0.2) is 5.76 Å². The molecule has 0 aliphatic carbocycles. The van der Waals surface area contributed by atoms with Crippen LogP contribution in [0.3, 0.4) is 0 Å². The van der Waals surface area contributed by atoms with Gasteiger partial charge in [-0.3, -0.25) is 10.1 Å². The number of allylic oxidation sites excluding steroid dienone is 1. The summed E-state index contributed by atoms with van der Waals surface area (Å²) >= 11 is 0. The largest absolute Gasteiger partial charge is 0.491 e. The predicted octanol–water partition coefficient (Wildman–Crippen LogP) is 1.09. The zero-order chi connectivity index (χ0) is 11.1. The SMILES string of the molecule is CCOC(=O)C(=C(C)OCC)[N+](=O)[O-]. The first-order chi connectivity index (χ1) is 6.54. The van der Waals surface area contributed by atoms with Crippen LogP contribution in [-0.4, -0.2) is 24.1 Å². The van der Waals surface area contributed by atoms with Crippen LogP contribution in [-0.2, 0) is 14.3 Å². The Hall–Kier alpha value is -1.59. The van der Waals surface area contributed by atoms with E-state index in [0.29, 0.717) is 0 Å². The van der Waals surface area contributed by atoms with Crippen LogP contribution >= 0.6 is 0 Å². The van der Waals surface area contributed by atoms with E-state index >= 15 is 0 Å². The van der Waals surface area contributed by atoms with E-state index in [4.69, 9.17) is 4.74 Å². The maximum Gasteiger partial charge on any atom is 0.413 e. The molecule has 0 radical (unpaired) electrons. The highest BCUT2D eigenvalue weighted by Gasteiger charge is 2.28. The molecule has 0 aliphatic rings. The smallest absolute Gasteiger partial charge is 0.413 e. The number of nitro groups is 1. The van der Waals surface area contributed by atoms with Gasteiger partial charge in [0.2, 0.25) is 0 Å². The van der Waals surface area contributed by atoms with Crippen molar-refractivity contribution in [3.63, 3.8) is 0 Å². The standard InChI is InChI=1S/C8H13NO5/c1-4-13-6(3)7(9(11)12)8(10)14-5-2/h4-5H2,1-3H3. The third-order valence-electron chi connectivity index (χ3n) is 1.35. The Morgan fingerprint density at radius 2 is 1.79 bits per heavy atom. The number of carbonyl (C=O) groups is 1. The Bertz CT molecular complexity index is 258. The van der Waals surface area contributed by atoms with E-state index in [1.807, 2.05) is 0 Å². The van der Waals surface area contributed by atoms with E-state index in [0.717, 1.165) is 0 Å². The number of esters is 1. The third kappa shape index (κ3) is 3.42. The lowest BCUT2D eigenvalue weighted by molar-refractivity contribution is -0.424. The van der Waals surface area contributed by atoms with Crippen LogP contribution in [0.25, 0.3) is 0 Å². The number of carbonyl (C=O) groups excluding carboxylic acids is 1. The van der Waals surface area contributed by atoms with Crippen LogP contribution in [0.1, 0.15) is 20.8 Å². The molecule has 0 amide bonds. The molecule has 14 heavy (non-hydrogen) atoms. The monoisotopic (exact) mass is 203 g/mol. The molecular formula is C8H13NO5. The molecule has 0 aromatic carbocycles. The number of hydrogen-bond acceptors (Lipinski definition) is 5. The van der Waals surface area contributed by atoms with Crippen molar-refractivity contribution in [2.45, 2.75) is 20.8 Å². The first kappa shape index (κ1) is 12.4. The second-order valence-electron chi connectivity index (χ2n) is 2.32. The Balaban J connectivity index is 4.83. The van der Waals surface area contributed by atoms with Crippen LogP contribution < -0.4 is 0 Å². The van der Waals surface area contributed by atoms with Gasteiger partial charge in [0.1, 0.15) is 0 Å². The topological polar surface area (TPSA) is 78.7 Å². The van der Waals surface area contributed by atoms with Gasteiger partial charge >= 0.3 is 11.7 Å². The third-order valence-corrected chi connectivity index (χ3v) is 1.35. The minimum absolute atomic E-state index is 0.0315. The summed E-state index contributed by atoms with van der Waals surface area (Å²) in [4.78, 5) is 20.8. The van der Waals surface area contributed by atoms with Crippen molar-refractivity contribution in [1.82, 2.24) is 0 Å². The van der Waals surface area contributed by atoms with Gasteiger partial charge < -0.3 is 9.47 Å². The lowest BCUT2D eigenvalue weighted by Crippen LogP contribution is -2.17. The highest BCUT2D eigenvalue weighted by Crippen LogP contribution is 2.08. The summed E-state index contributed by atoms with van der Waals surface area (Å²) < 4.78 is 9.38. The van der Waals surface area contributed by atoms with Gasteiger partial charge in [0.05, 0.1) is 18.1 Å². The number of ether oxygens (including phenoxy) is 2. The minimum atomic E-state index is -0.969. The summed E-state index contributed by atoms with van der Waals surface area (Å²) in [7, 11) is 0. The van der Waals surface area contributed by atoms with Gasteiger partial charge in [-0.1, -0.05) is 0 Å². The van der Waals surface area contributed by atoms with Crippen molar-refractivity contribution in [1.29, 1.82) is 0 Å². The average molecular weight is 203 g/mol. The number of hydrogen-bond donors (Lipinski definition) is 0. The van der Waals surface area contributed by atoms with E-state index in [-0.39, 0.29) is 19.0 Å². The Morgan fingerprint density at radius 3 is 2.14 bits per heavy atom. The number of rotatable bonds is 5. The van der Waals surface area contributed by atoms with Gasteiger partial charge in [-0.05, 0) is 13.8 Å². The summed E-state index contributed by atoms with van der Waals surface area (Å²) in [5, 5.41) is 10.5. The molecule has 6 nitrogen and oxygen atoms in total. The fraction of sp³-hybridized carbons (Fsp3) is 0.625. The zero-order valence-corrected chi connectivity index (χ0v) is 8.40.